The Morgan fingerprint density at radius 2 is 0.950 bits per heavy atom. The van der Waals surface area contributed by atoms with Gasteiger partial charge in [-0.3, -0.25) is 19.0 Å². The Balaban J connectivity index is 0.000000228. The molecule has 0 spiro atoms. The van der Waals surface area contributed by atoms with Gasteiger partial charge in [-0.25, -0.2) is 18.7 Å². The lowest BCUT2D eigenvalue weighted by molar-refractivity contribution is 0.0910. The van der Waals surface area contributed by atoms with E-state index >= 15 is 0 Å². The van der Waals surface area contributed by atoms with E-state index in [2.05, 4.69) is 41.6 Å². The summed E-state index contributed by atoms with van der Waals surface area (Å²) in [6.07, 6.45) is 3.43. The van der Waals surface area contributed by atoms with Crippen LogP contribution in [-0.4, -0.2) is 52.4 Å². The van der Waals surface area contributed by atoms with E-state index in [1.807, 2.05) is 83.8 Å². The van der Waals surface area contributed by atoms with Gasteiger partial charge in [0.05, 0.1) is 50.3 Å². The quantitative estimate of drug-likeness (QED) is 0.172. The minimum atomic E-state index is -0.540. The zero-order valence-electron chi connectivity index (χ0n) is 36.7. The zero-order valence-corrected chi connectivity index (χ0v) is 37.5. The molecule has 6 aromatic rings. The molecule has 4 aromatic heterocycles. The largest absolute Gasteiger partial charge is 0.347 e. The van der Waals surface area contributed by atoms with Crippen LogP contribution in [0.1, 0.15) is 109 Å². The number of rotatable bonds is 6. The molecule has 0 saturated heterocycles. The van der Waals surface area contributed by atoms with Crippen molar-refractivity contribution < 1.29 is 18.4 Å². The molecule has 2 aromatic carbocycles. The molecule has 13 heteroatoms. The van der Waals surface area contributed by atoms with Gasteiger partial charge in [0.15, 0.2) is 0 Å². The number of carbonyl (C=O) groups excluding carboxylic acids is 2. The van der Waals surface area contributed by atoms with E-state index in [1.54, 1.807) is 61.8 Å². The summed E-state index contributed by atoms with van der Waals surface area (Å²) in [6, 6.07) is 20.0. The van der Waals surface area contributed by atoms with Crippen LogP contribution in [0.3, 0.4) is 0 Å². The van der Waals surface area contributed by atoms with E-state index in [9.17, 15) is 18.4 Å². The summed E-state index contributed by atoms with van der Waals surface area (Å²) < 4.78 is 31.6. The van der Waals surface area contributed by atoms with Crippen LogP contribution in [0.4, 0.5) is 8.78 Å². The third-order valence-corrected chi connectivity index (χ3v) is 9.21. The maximum absolute atomic E-state index is 14.1. The highest BCUT2D eigenvalue weighted by atomic mass is 35.5. The van der Waals surface area contributed by atoms with Crippen molar-refractivity contribution in [1.29, 1.82) is 0 Å². The van der Waals surface area contributed by atoms with Crippen LogP contribution < -0.4 is 10.6 Å². The first kappa shape index (κ1) is 45.3. The van der Waals surface area contributed by atoms with Gasteiger partial charge in [0, 0.05) is 45.7 Å². The highest BCUT2D eigenvalue weighted by molar-refractivity contribution is 6.30. The van der Waals surface area contributed by atoms with Crippen LogP contribution >= 0.6 is 11.6 Å². The second-order valence-corrected chi connectivity index (χ2v) is 19.3. The second-order valence-electron chi connectivity index (χ2n) is 18.9. The van der Waals surface area contributed by atoms with Crippen molar-refractivity contribution in [2.45, 2.75) is 112 Å². The first-order chi connectivity index (χ1) is 27.7. The molecule has 10 nitrogen and oxygen atoms in total. The maximum atomic E-state index is 14.1. The standard InChI is InChI=1S/C24H29FN4O.C23H26ClFN4O/c1-15-12-16(8-9-18(15)25)19-13-17(22(30)28-23(2,3)4)14-20(27-19)21-10-11-26-29(21)24(5,6)7;1-22(2,3)28-21(30)15-12-18(14-7-8-16(24)17(25)11-14)27-19(13-15)20-9-10-26-29(20)23(4,5)6/h8-14H,1-7H3,(H,28,30);7-13H,1-6H3,(H,28,30). The molecule has 0 aliphatic rings. The molecule has 2 N–H and O–H groups in total. The topological polar surface area (TPSA) is 120 Å². The van der Waals surface area contributed by atoms with E-state index in [0.717, 1.165) is 17.0 Å². The summed E-state index contributed by atoms with van der Waals surface area (Å²) >= 11 is 5.83. The number of benzene rings is 2. The van der Waals surface area contributed by atoms with Crippen LogP contribution in [0.15, 0.2) is 85.2 Å². The van der Waals surface area contributed by atoms with Crippen molar-refractivity contribution in [1.82, 2.24) is 40.2 Å². The maximum Gasteiger partial charge on any atom is 0.251 e. The Morgan fingerprint density at radius 3 is 1.33 bits per heavy atom. The van der Waals surface area contributed by atoms with E-state index in [-0.39, 0.29) is 39.3 Å². The fraction of sp³-hybridized carbons (Fsp3) is 0.362. The summed E-state index contributed by atoms with van der Waals surface area (Å²) in [4.78, 5) is 35.4. The first-order valence-electron chi connectivity index (χ1n) is 19.7. The smallest absolute Gasteiger partial charge is 0.251 e. The van der Waals surface area contributed by atoms with Crippen LogP contribution in [0.5, 0.6) is 0 Å². The second kappa shape index (κ2) is 17.1. The summed E-state index contributed by atoms with van der Waals surface area (Å²) in [7, 11) is 0. The van der Waals surface area contributed by atoms with Gasteiger partial charge in [-0.05, 0) is 162 Å². The van der Waals surface area contributed by atoms with E-state index in [4.69, 9.17) is 21.6 Å². The Kier molecular flexibility index (Phi) is 12.9. The zero-order chi connectivity index (χ0) is 44.5. The van der Waals surface area contributed by atoms with Gasteiger partial charge >= 0.3 is 0 Å². The molecular formula is C47H55ClF2N8O2. The number of nitrogens with one attached hydrogen (secondary N) is 2. The molecule has 60 heavy (non-hydrogen) atoms. The molecular weight excluding hydrogens is 782 g/mol. The lowest BCUT2D eigenvalue weighted by Crippen LogP contribution is -2.40. The summed E-state index contributed by atoms with van der Waals surface area (Å²) in [5, 5.41) is 14.9. The molecule has 0 saturated carbocycles. The van der Waals surface area contributed by atoms with Gasteiger partial charge < -0.3 is 10.6 Å². The monoisotopic (exact) mass is 836 g/mol. The third-order valence-electron chi connectivity index (χ3n) is 8.90. The molecule has 0 radical (unpaired) electrons. The van der Waals surface area contributed by atoms with Gasteiger partial charge in [0.1, 0.15) is 11.6 Å². The number of aromatic nitrogens is 6. The van der Waals surface area contributed by atoms with Gasteiger partial charge in [-0.1, -0.05) is 17.7 Å². The van der Waals surface area contributed by atoms with Crippen molar-refractivity contribution >= 4 is 23.4 Å². The molecule has 0 bridgehead atoms. The van der Waals surface area contributed by atoms with E-state index in [0.29, 0.717) is 45.0 Å². The van der Waals surface area contributed by atoms with Gasteiger partial charge in [0.25, 0.3) is 11.8 Å². The summed E-state index contributed by atoms with van der Waals surface area (Å²) in [6.45, 7) is 25.6. The first-order valence-corrected chi connectivity index (χ1v) is 20.1. The number of aryl methyl sites for hydroxylation is 1. The predicted molar refractivity (Wildman–Crippen MR) is 236 cm³/mol. The molecule has 0 aliphatic heterocycles. The summed E-state index contributed by atoms with van der Waals surface area (Å²) in [5.41, 5.74) is 5.31. The number of hydrogen-bond donors (Lipinski definition) is 2. The molecule has 4 heterocycles. The highest BCUT2D eigenvalue weighted by Crippen LogP contribution is 2.31. The molecule has 0 atom stereocenters. The average Bonchev–Trinajstić information content (AvgIpc) is 3.84. The lowest BCUT2D eigenvalue weighted by atomic mass is 10.0. The molecule has 0 fully saturated rings. The number of halogens is 3. The number of pyridine rings is 2. The van der Waals surface area contributed by atoms with Crippen LogP contribution in [0.25, 0.3) is 45.3 Å². The van der Waals surface area contributed by atoms with Crippen molar-refractivity contribution in [2.75, 3.05) is 0 Å². The predicted octanol–water partition coefficient (Wildman–Crippen LogP) is 11.0. The molecule has 316 valence electrons. The number of nitrogens with zero attached hydrogens (tertiary/aromatic N) is 6. The van der Waals surface area contributed by atoms with E-state index in [1.165, 1.54) is 18.2 Å². The van der Waals surface area contributed by atoms with Crippen LogP contribution in [0.2, 0.25) is 5.02 Å². The highest BCUT2D eigenvalue weighted by Gasteiger charge is 2.24. The fourth-order valence-electron chi connectivity index (χ4n) is 6.23. The van der Waals surface area contributed by atoms with Gasteiger partial charge in [0.2, 0.25) is 0 Å². The van der Waals surface area contributed by atoms with Gasteiger partial charge in [-0.15, -0.1) is 0 Å². The third kappa shape index (κ3) is 11.3. The number of amides is 2. The Hall–Kier alpha value is -5.75. The number of carbonyl (C=O) groups is 2. The Bertz CT molecular complexity index is 2360. The van der Waals surface area contributed by atoms with E-state index < -0.39 is 11.4 Å². The normalized spacial score (nSPS) is 12.1. The van der Waals surface area contributed by atoms with Crippen molar-refractivity contribution in [3.8, 4) is 45.3 Å². The Labute approximate surface area is 356 Å². The van der Waals surface area contributed by atoms with Crippen molar-refractivity contribution in [2.24, 2.45) is 0 Å². The van der Waals surface area contributed by atoms with Crippen molar-refractivity contribution in [3.05, 3.63) is 119 Å². The van der Waals surface area contributed by atoms with Crippen molar-refractivity contribution in [3.63, 3.8) is 0 Å². The molecule has 6 rings (SSSR count). The summed E-state index contributed by atoms with van der Waals surface area (Å²) in [5.74, 6) is -1.23. The minimum Gasteiger partial charge on any atom is -0.347 e. The lowest BCUT2D eigenvalue weighted by Gasteiger charge is -2.23. The molecule has 0 aliphatic carbocycles. The minimum absolute atomic E-state index is 0.0337. The van der Waals surface area contributed by atoms with Crippen LogP contribution in [-0.2, 0) is 11.1 Å². The molecule has 2 amide bonds. The average molecular weight is 837 g/mol. The van der Waals surface area contributed by atoms with Crippen LogP contribution in [0, 0.1) is 18.6 Å². The van der Waals surface area contributed by atoms with Gasteiger partial charge in [-0.2, -0.15) is 10.2 Å². The fourth-order valence-corrected chi connectivity index (χ4v) is 6.35. The molecule has 0 unspecified atom stereocenters. The Morgan fingerprint density at radius 1 is 0.550 bits per heavy atom. The SMILES string of the molecule is CC(C)(C)NC(=O)c1cc(-c2ccc(Cl)c(F)c2)nc(-c2ccnn2C(C)(C)C)c1.Cc1cc(-c2cc(C(=O)NC(C)(C)C)cc(-c3ccnn3C(C)(C)C)n2)ccc1F. The number of hydrogen-bond acceptors (Lipinski definition) is 6.